The number of benzene rings is 1. The summed E-state index contributed by atoms with van der Waals surface area (Å²) in [7, 11) is -3.48. The summed E-state index contributed by atoms with van der Waals surface area (Å²) in [5, 5.41) is 2.86. The van der Waals surface area contributed by atoms with Crippen molar-refractivity contribution in [3.05, 3.63) is 29.8 Å². The summed E-state index contributed by atoms with van der Waals surface area (Å²) in [6.07, 6.45) is 0.250. The lowest BCUT2D eigenvalue weighted by Gasteiger charge is -2.19. The Bertz CT molecular complexity index is 786. The second-order valence-electron chi connectivity index (χ2n) is 7.54. The molecule has 0 saturated carbocycles. The predicted molar refractivity (Wildman–Crippen MR) is 108 cm³/mol. The highest BCUT2D eigenvalue weighted by Gasteiger charge is 2.34. The Balaban J connectivity index is 1.93. The molecule has 1 saturated heterocycles. The summed E-state index contributed by atoms with van der Waals surface area (Å²) >= 11 is 0. The molecular weight excluding hydrogens is 378 g/mol. The van der Waals surface area contributed by atoms with Crippen LogP contribution in [0.1, 0.15) is 39.7 Å². The van der Waals surface area contributed by atoms with Crippen LogP contribution >= 0.6 is 0 Å². The van der Waals surface area contributed by atoms with Crippen LogP contribution in [0.3, 0.4) is 0 Å². The largest absolute Gasteiger partial charge is 0.352 e. The topological polar surface area (TPSA) is 86.8 Å². The Labute approximate surface area is 168 Å². The van der Waals surface area contributed by atoms with Crippen LogP contribution in [0.5, 0.6) is 0 Å². The zero-order valence-electron chi connectivity index (χ0n) is 17.1. The number of carbonyl (C=O) groups excluding carboxylic acids is 2. The van der Waals surface area contributed by atoms with Crippen LogP contribution in [0.15, 0.2) is 29.2 Å². The van der Waals surface area contributed by atoms with Gasteiger partial charge in [0.05, 0.1) is 10.8 Å². The van der Waals surface area contributed by atoms with Gasteiger partial charge in [0.15, 0.2) is 0 Å². The number of sulfonamides is 1. The third-order valence-corrected chi connectivity index (χ3v) is 6.97. The van der Waals surface area contributed by atoms with Crippen molar-refractivity contribution < 1.29 is 18.0 Å². The van der Waals surface area contributed by atoms with Gasteiger partial charge >= 0.3 is 0 Å². The molecule has 0 aromatic heterocycles. The van der Waals surface area contributed by atoms with Gasteiger partial charge < -0.3 is 10.2 Å². The molecule has 1 aliphatic heterocycles. The van der Waals surface area contributed by atoms with Crippen molar-refractivity contribution in [1.29, 1.82) is 0 Å². The van der Waals surface area contributed by atoms with Crippen LogP contribution in [-0.2, 0) is 26.2 Å². The lowest BCUT2D eigenvalue weighted by molar-refractivity contribution is -0.129. The van der Waals surface area contributed by atoms with E-state index in [1.807, 2.05) is 13.8 Å². The maximum atomic E-state index is 12.5. The van der Waals surface area contributed by atoms with E-state index in [-0.39, 0.29) is 29.0 Å². The minimum Gasteiger partial charge on any atom is -0.352 e. The number of amides is 2. The lowest BCUT2D eigenvalue weighted by Crippen LogP contribution is -2.33. The Morgan fingerprint density at radius 1 is 1.21 bits per heavy atom. The van der Waals surface area contributed by atoms with Gasteiger partial charge in [0, 0.05) is 39.1 Å². The van der Waals surface area contributed by atoms with Crippen LogP contribution in [0.2, 0.25) is 0 Å². The van der Waals surface area contributed by atoms with Gasteiger partial charge in [0.25, 0.3) is 0 Å². The normalized spacial score (nSPS) is 17.6. The monoisotopic (exact) mass is 409 g/mol. The number of nitrogens with zero attached hydrogens (tertiary/aromatic N) is 2. The number of likely N-dealkylation sites (tertiary alicyclic amines) is 1. The molecule has 7 nitrogen and oxygen atoms in total. The molecule has 2 rings (SSSR count). The molecule has 0 radical (unpaired) electrons. The zero-order valence-corrected chi connectivity index (χ0v) is 18.0. The minimum absolute atomic E-state index is 0.0276. The highest BCUT2D eigenvalue weighted by Crippen LogP contribution is 2.20. The summed E-state index contributed by atoms with van der Waals surface area (Å²) in [4.78, 5) is 26.4. The van der Waals surface area contributed by atoms with Gasteiger partial charge in [0.2, 0.25) is 21.8 Å². The van der Waals surface area contributed by atoms with Gasteiger partial charge in [-0.1, -0.05) is 39.8 Å². The van der Waals surface area contributed by atoms with E-state index in [0.29, 0.717) is 38.6 Å². The predicted octanol–water partition coefficient (Wildman–Crippen LogP) is 1.84. The van der Waals surface area contributed by atoms with Crippen LogP contribution < -0.4 is 5.32 Å². The van der Waals surface area contributed by atoms with E-state index in [9.17, 15) is 18.0 Å². The van der Waals surface area contributed by atoms with Crippen molar-refractivity contribution in [3.8, 4) is 0 Å². The number of hydrogen-bond donors (Lipinski definition) is 1. The minimum atomic E-state index is -3.48. The van der Waals surface area contributed by atoms with Gasteiger partial charge in [-0.3, -0.25) is 9.59 Å². The first-order valence-electron chi connectivity index (χ1n) is 9.83. The number of carbonyl (C=O) groups is 2. The maximum absolute atomic E-state index is 12.5. The van der Waals surface area contributed by atoms with Crippen LogP contribution in [0.25, 0.3) is 0 Å². The van der Waals surface area contributed by atoms with Gasteiger partial charge in [-0.05, 0) is 23.6 Å². The number of rotatable bonds is 9. The third-order valence-electron chi connectivity index (χ3n) is 4.90. The van der Waals surface area contributed by atoms with E-state index in [1.54, 1.807) is 43.0 Å². The van der Waals surface area contributed by atoms with Gasteiger partial charge in [-0.2, -0.15) is 4.31 Å². The number of hydrogen-bond acceptors (Lipinski definition) is 4. The summed E-state index contributed by atoms with van der Waals surface area (Å²) in [5.41, 5.74) is 0.815. The van der Waals surface area contributed by atoms with E-state index < -0.39 is 10.0 Å². The average Bonchev–Trinajstić information content (AvgIpc) is 3.01. The summed E-state index contributed by atoms with van der Waals surface area (Å²) in [6, 6.07) is 6.56. The Morgan fingerprint density at radius 2 is 1.82 bits per heavy atom. The van der Waals surface area contributed by atoms with E-state index in [4.69, 9.17) is 0 Å². The first-order valence-corrected chi connectivity index (χ1v) is 11.3. The van der Waals surface area contributed by atoms with Crippen molar-refractivity contribution in [3.63, 3.8) is 0 Å². The molecule has 1 aliphatic rings. The van der Waals surface area contributed by atoms with E-state index in [0.717, 1.165) is 5.56 Å². The molecule has 1 fully saturated rings. The van der Waals surface area contributed by atoms with E-state index in [2.05, 4.69) is 5.32 Å². The molecule has 0 bridgehead atoms. The molecule has 1 atom stereocenters. The first-order chi connectivity index (χ1) is 13.2. The standard InChI is InChI=1S/C20H31N3O4S/c1-5-23(6-2)28(26,27)18-9-7-16(8-10-18)12-21-20(25)17-11-19(24)22(14-17)13-15(3)4/h7-10,15,17H,5-6,11-14H2,1-4H3,(H,21,25). The smallest absolute Gasteiger partial charge is 0.243 e. The Kier molecular flexibility index (Phi) is 7.60. The summed E-state index contributed by atoms with van der Waals surface area (Å²) < 4.78 is 26.4. The lowest BCUT2D eigenvalue weighted by atomic mass is 10.1. The van der Waals surface area contributed by atoms with Gasteiger partial charge in [-0.25, -0.2) is 8.42 Å². The van der Waals surface area contributed by atoms with Crippen LogP contribution in [-0.4, -0.2) is 55.6 Å². The fourth-order valence-electron chi connectivity index (χ4n) is 3.39. The fraction of sp³-hybridized carbons (Fsp3) is 0.600. The highest BCUT2D eigenvalue weighted by molar-refractivity contribution is 7.89. The quantitative estimate of drug-likeness (QED) is 0.674. The van der Waals surface area contributed by atoms with Crippen molar-refractivity contribution in [2.24, 2.45) is 11.8 Å². The molecule has 0 spiro atoms. The fourth-order valence-corrected chi connectivity index (χ4v) is 4.85. The SMILES string of the molecule is CCN(CC)S(=O)(=O)c1ccc(CNC(=O)C2CC(=O)N(CC(C)C)C2)cc1. The maximum Gasteiger partial charge on any atom is 0.243 e. The van der Waals surface area contributed by atoms with Crippen molar-refractivity contribution >= 4 is 21.8 Å². The molecule has 0 aliphatic carbocycles. The molecule has 156 valence electrons. The molecule has 1 N–H and O–H groups in total. The van der Waals surface area contributed by atoms with Crippen molar-refractivity contribution in [2.75, 3.05) is 26.2 Å². The average molecular weight is 410 g/mol. The first kappa shape index (κ1) is 22.4. The molecular formula is C20H31N3O4S. The second-order valence-corrected chi connectivity index (χ2v) is 9.48. The Morgan fingerprint density at radius 3 is 2.36 bits per heavy atom. The van der Waals surface area contributed by atoms with Gasteiger partial charge in [-0.15, -0.1) is 0 Å². The number of nitrogens with one attached hydrogen (secondary N) is 1. The third kappa shape index (κ3) is 5.32. The Hall–Kier alpha value is -1.93. The van der Waals surface area contributed by atoms with E-state index in [1.165, 1.54) is 4.31 Å². The van der Waals surface area contributed by atoms with Crippen molar-refractivity contribution in [1.82, 2.24) is 14.5 Å². The molecule has 2 amide bonds. The van der Waals surface area contributed by atoms with E-state index >= 15 is 0 Å². The highest BCUT2D eigenvalue weighted by atomic mass is 32.2. The summed E-state index contributed by atoms with van der Waals surface area (Å²) in [5.74, 6) is -0.0651. The molecule has 28 heavy (non-hydrogen) atoms. The van der Waals surface area contributed by atoms with Crippen LogP contribution in [0.4, 0.5) is 0 Å². The summed E-state index contributed by atoms with van der Waals surface area (Å²) in [6.45, 7) is 9.99. The molecule has 1 heterocycles. The molecule has 1 aromatic carbocycles. The molecule has 8 heteroatoms. The zero-order chi connectivity index (χ0) is 20.9. The van der Waals surface area contributed by atoms with Gasteiger partial charge in [0.1, 0.15) is 0 Å². The van der Waals surface area contributed by atoms with Crippen molar-refractivity contribution in [2.45, 2.75) is 45.6 Å². The molecule has 1 unspecified atom stereocenters. The molecule has 1 aromatic rings. The van der Waals surface area contributed by atoms with Crippen LogP contribution in [0, 0.1) is 11.8 Å². The second kappa shape index (κ2) is 9.52.